The minimum atomic E-state index is 0.140. The zero-order valence-electron chi connectivity index (χ0n) is 12.7. The normalized spacial score (nSPS) is 27.6. The Hall–Kier alpha value is -1.10. The van der Waals surface area contributed by atoms with Gasteiger partial charge in [-0.2, -0.15) is 0 Å². The van der Waals surface area contributed by atoms with E-state index in [9.17, 15) is 9.59 Å². The molecule has 0 saturated carbocycles. The predicted octanol–water partition coefficient (Wildman–Crippen LogP) is 0.749. The quantitative estimate of drug-likeness (QED) is 0.799. The van der Waals surface area contributed by atoms with E-state index >= 15 is 0 Å². The molecule has 2 aliphatic rings. The Bertz CT molecular complexity index is 351. The molecule has 2 saturated heterocycles. The maximum Gasteiger partial charge on any atom is 0.227 e. The highest BCUT2D eigenvalue weighted by Gasteiger charge is 2.34. The summed E-state index contributed by atoms with van der Waals surface area (Å²) in [5.74, 6) is 1.01. The molecule has 114 valence electrons. The zero-order chi connectivity index (χ0) is 14.5. The maximum atomic E-state index is 12.4. The lowest BCUT2D eigenvalue weighted by atomic mass is 9.95. The Balaban J connectivity index is 1.76. The number of nitrogens with one attached hydrogen (secondary N) is 2. The first-order valence-electron chi connectivity index (χ1n) is 7.90. The van der Waals surface area contributed by atoms with E-state index in [4.69, 9.17) is 0 Å². The molecular formula is C15H27N3O2. The van der Waals surface area contributed by atoms with Gasteiger partial charge in [0, 0.05) is 32.1 Å². The van der Waals surface area contributed by atoms with Gasteiger partial charge in [0.25, 0.3) is 0 Å². The van der Waals surface area contributed by atoms with E-state index in [-0.39, 0.29) is 17.9 Å². The molecule has 0 aromatic carbocycles. The van der Waals surface area contributed by atoms with Crippen LogP contribution in [0, 0.1) is 11.8 Å². The molecular weight excluding hydrogens is 254 g/mol. The number of carbonyl (C=O) groups excluding carboxylic acids is 2. The fourth-order valence-corrected chi connectivity index (χ4v) is 3.15. The molecule has 5 heteroatoms. The van der Waals surface area contributed by atoms with Gasteiger partial charge >= 0.3 is 0 Å². The molecule has 2 fully saturated rings. The van der Waals surface area contributed by atoms with Crippen LogP contribution in [0.5, 0.6) is 0 Å². The van der Waals surface area contributed by atoms with Gasteiger partial charge in [-0.25, -0.2) is 0 Å². The maximum absolute atomic E-state index is 12.4. The molecule has 2 aliphatic heterocycles. The van der Waals surface area contributed by atoms with Gasteiger partial charge < -0.3 is 15.5 Å². The Morgan fingerprint density at radius 1 is 1.25 bits per heavy atom. The minimum absolute atomic E-state index is 0.140. The van der Waals surface area contributed by atoms with E-state index in [0.717, 1.165) is 45.4 Å². The van der Waals surface area contributed by atoms with Gasteiger partial charge in [-0.05, 0) is 31.7 Å². The van der Waals surface area contributed by atoms with Gasteiger partial charge in [0.1, 0.15) is 0 Å². The highest BCUT2D eigenvalue weighted by atomic mass is 16.2. The van der Waals surface area contributed by atoms with Crippen LogP contribution in [-0.2, 0) is 9.59 Å². The number of hydrogen-bond acceptors (Lipinski definition) is 3. The summed E-state index contributed by atoms with van der Waals surface area (Å²) in [5, 5.41) is 6.35. The first-order valence-corrected chi connectivity index (χ1v) is 7.90. The highest BCUT2D eigenvalue weighted by Crippen LogP contribution is 2.21. The van der Waals surface area contributed by atoms with Crippen LogP contribution in [0.15, 0.2) is 0 Å². The molecule has 0 unspecified atom stereocenters. The summed E-state index contributed by atoms with van der Waals surface area (Å²) in [5.41, 5.74) is 0. The molecule has 2 amide bonds. The number of amides is 2. The van der Waals surface area contributed by atoms with Crippen LogP contribution in [0.25, 0.3) is 0 Å². The Morgan fingerprint density at radius 3 is 2.50 bits per heavy atom. The van der Waals surface area contributed by atoms with Gasteiger partial charge in [0.05, 0.1) is 5.92 Å². The van der Waals surface area contributed by atoms with Crippen LogP contribution < -0.4 is 10.6 Å². The van der Waals surface area contributed by atoms with E-state index in [1.807, 2.05) is 11.8 Å². The second-order valence-corrected chi connectivity index (χ2v) is 6.16. The molecule has 0 aromatic rings. The van der Waals surface area contributed by atoms with Crippen molar-refractivity contribution < 1.29 is 9.59 Å². The van der Waals surface area contributed by atoms with E-state index in [1.165, 1.54) is 0 Å². The SMILES string of the molecule is CCCC(=O)NC1CCN(C(=O)[C@@H]2CNC[C@H]2C)CC1. The number of rotatable bonds is 4. The second kappa shape index (κ2) is 7.07. The summed E-state index contributed by atoms with van der Waals surface area (Å²) >= 11 is 0. The molecule has 2 rings (SSSR count). The van der Waals surface area contributed by atoms with Crippen LogP contribution >= 0.6 is 0 Å². The standard InChI is InChI=1S/C15H27N3O2/c1-3-4-14(19)17-12-5-7-18(8-6-12)15(20)13-10-16-9-11(13)2/h11-13,16H,3-10H2,1-2H3,(H,17,19)/t11-,13-/m1/s1. The number of likely N-dealkylation sites (tertiary alicyclic amines) is 1. The molecule has 20 heavy (non-hydrogen) atoms. The molecule has 2 atom stereocenters. The van der Waals surface area contributed by atoms with E-state index in [2.05, 4.69) is 17.6 Å². The van der Waals surface area contributed by atoms with Gasteiger partial charge in [-0.1, -0.05) is 13.8 Å². The third kappa shape index (κ3) is 3.72. The fraction of sp³-hybridized carbons (Fsp3) is 0.867. The van der Waals surface area contributed by atoms with E-state index in [1.54, 1.807) is 0 Å². The summed E-state index contributed by atoms with van der Waals surface area (Å²) in [6.07, 6.45) is 3.26. The Kier molecular flexibility index (Phi) is 5.40. The van der Waals surface area contributed by atoms with E-state index < -0.39 is 0 Å². The van der Waals surface area contributed by atoms with Crippen molar-refractivity contribution in [3.63, 3.8) is 0 Å². The number of hydrogen-bond donors (Lipinski definition) is 2. The van der Waals surface area contributed by atoms with Crippen LogP contribution in [0.3, 0.4) is 0 Å². The lowest BCUT2D eigenvalue weighted by Crippen LogP contribution is -2.48. The molecule has 5 nitrogen and oxygen atoms in total. The summed E-state index contributed by atoms with van der Waals surface area (Å²) in [6, 6.07) is 0.247. The number of piperidine rings is 1. The molecule has 0 aliphatic carbocycles. The molecule has 0 radical (unpaired) electrons. The third-order valence-electron chi connectivity index (χ3n) is 4.48. The van der Waals surface area contributed by atoms with Crippen LogP contribution in [0.4, 0.5) is 0 Å². The lowest BCUT2D eigenvalue weighted by molar-refractivity contribution is -0.137. The first-order chi connectivity index (χ1) is 9.61. The topological polar surface area (TPSA) is 61.4 Å². The highest BCUT2D eigenvalue weighted by molar-refractivity contribution is 5.80. The summed E-state index contributed by atoms with van der Waals surface area (Å²) in [7, 11) is 0. The number of nitrogens with zero attached hydrogens (tertiary/aromatic N) is 1. The smallest absolute Gasteiger partial charge is 0.227 e. The monoisotopic (exact) mass is 281 g/mol. The van der Waals surface area contributed by atoms with Crippen LogP contribution in [0.2, 0.25) is 0 Å². The third-order valence-corrected chi connectivity index (χ3v) is 4.48. The van der Waals surface area contributed by atoms with E-state index in [0.29, 0.717) is 18.2 Å². The second-order valence-electron chi connectivity index (χ2n) is 6.16. The van der Waals surface area contributed by atoms with Crippen molar-refractivity contribution in [3.8, 4) is 0 Å². The minimum Gasteiger partial charge on any atom is -0.353 e. The fourth-order valence-electron chi connectivity index (χ4n) is 3.15. The van der Waals surface area contributed by atoms with Crippen molar-refractivity contribution in [2.24, 2.45) is 11.8 Å². The average Bonchev–Trinajstić information content (AvgIpc) is 2.85. The van der Waals surface area contributed by atoms with Crippen molar-refractivity contribution in [1.29, 1.82) is 0 Å². The first kappa shape index (κ1) is 15.3. The van der Waals surface area contributed by atoms with Gasteiger partial charge in [-0.3, -0.25) is 9.59 Å². The van der Waals surface area contributed by atoms with Crippen LogP contribution in [0.1, 0.15) is 39.5 Å². The molecule has 0 aromatic heterocycles. The summed E-state index contributed by atoms with van der Waals surface area (Å²) in [4.78, 5) is 26.0. The molecule has 0 spiro atoms. The van der Waals surface area contributed by atoms with Gasteiger partial charge in [-0.15, -0.1) is 0 Å². The summed E-state index contributed by atoms with van der Waals surface area (Å²) in [6.45, 7) is 7.46. The van der Waals surface area contributed by atoms with Crippen molar-refractivity contribution in [3.05, 3.63) is 0 Å². The average molecular weight is 281 g/mol. The molecule has 2 N–H and O–H groups in total. The van der Waals surface area contributed by atoms with Crippen molar-refractivity contribution in [1.82, 2.24) is 15.5 Å². The zero-order valence-corrected chi connectivity index (χ0v) is 12.7. The largest absolute Gasteiger partial charge is 0.353 e. The number of carbonyl (C=O) groups is 2. The molecule has 0 bridgehead atoms. The van der Waals surface area contributed by atoms with Crippen LogP contribution in [-0.4, -0.2) is 48.9 Å². The Morgan fingerprint density at radius 2 is 1.95 bits per heavy atom. The van der Waals surface area contributed by atoms with Gasteiger partial charge in [0.2, 0.25) is 11.8 Å². The predicted molar refractivity (Wildman–Crippen MR) is 78.2 cm³/mol. The van der Waals surface area contributed by atoms with Gasteiger partial charge in [0.15, 0.2) is 0 Å². The lowest BCUT2D eigenvalue weighted by Gasteiger charge is -2.34. The summed E-state index contributed by atoms with van der Waals surface area (Å²) < 4.78 is 0. The van der Waals surface area contributed by atoms with Crippen molar-refractivity contribution in [2.45, 2.75) is 45.6 Å². The van der Waals surface area contributed by atoms with Crippen molar-refractivity contribution >= 4 is 11.8 Å². The molecule has 2 heterocycles. The Labute approximate surface area is 121 Å². The van der Waals surface area contributed by atoms with Crippen molar-refractivity contribution in [2.75, 3.05) is 26.2 Å².